The number of amidine groups is 1. The van der Waals surface area contributed by atoms with Crippen LogP contribution in [0.2, 0.25) is 0 Å². The molecule has 2 heterocycles. The van der Waals surface area contributed by atoms with Crippen molar-refractivity contribution in [1.82, 2.24) is 19.7 Å². The number of fused-ring (bicyclic) bond motifs is 1. The number of nitrogens with one attached hydrogen (secondary N) is 1. The van der Waals surface area contributed by atoms with Crippen LogP contribution in [-0.2, 0) is 13.0 Å². The van der Waals surface area contributed by atoms with Crippen molar-refractivity contribution < 1.29 is 0 Å². The molecule has 0 fully saturated rings. The lowest BCUT2D eigenvalue weighted by molar-refractivity contribution is 0.779. The van der Waals surface area contributed by atoms with Gasteiger partial charge in [0.1, 0.15) is 5.82 Å². The second-order valence-electron chi connectivity index (χ2n) is 6.64. The first-order valence-corrected chi connectivity index (χ1v) is 9.76. The summed E-state index contributed by atoms with van der Waals surface area (Å²) in [6.07, 6.45) is 17.6. The number of allylic oxidation sites excluding steroid dienone is 4. The molecule has 0 atom stereocenters. The number of nitrogens with two attached hydrogens (primary N) is 2. The standard InChI is InChI=1S/C21H25N7O.C2H2/c1-3-7-15(8-6-10-16-9-4-5-11-17(16)20(22)26-23)13-28-14(2)25-19-18(28)12-24-27-21(19)29;1-2/h4-9,11-12H,3,10,13,23H2,1-2H3,(H2,22,26)(H,27,29);1-2H/b8-6-,15-7+;. The molecule has 0 amide bonds. The number of hydrazone groups is 1. The molecule has 1 aromatic carbocycles. The van der Waals surface area contributed by atoms with Gasteiger partial charge >= 0.3 is 0 Å². The second kappa shape index (κ2) is 11.2. The summed E-state index contributed by atoms with van der Waals surface area (Å²) in [5, 5.41) is 9.94. The van der Waals surface area contributed by atoms with Crippen molar-refractivity contribution >= 4 is 16.9 Å². The van der Waals surface area contributed by atoms with Gasteiger partial charge in [-0.3, -0.25) is 4.79 Å². The lowest BCUT2D eigenvalue weighted by Gasteiger charge is -2.09. The molecule has 160 valence electrons. The molecule has 5 N–H and O–H groups in total. The van der Waals surface area contributed by atoms with Gasteiger partial charge in [-0.1, -0.05) is 49.4 Å². The zero-order chi connectivity index (χ0) is 22.8. The molecule has 3 rings (SSSR count). The first-order valence-electron chi connectivity index (χ1n) is 9.76. The van der Waals surface area contributed by atoms with Gasteiger partial charge in [-0.2, -0.15) is 10.2 Å². The molecular formula is C23H27N7O. The molecule has 0 radical (unpaired) electrons. The fourth-order valence-electron chi connectivity index (χ4n) is 3.27. The number of aryl methyl sites for hydroxylation is 1. The molecular weight excluding hydrogens is 390 g/mol. The predicted molar refractivity (Wildman–Crippen MR) is 125 cm³/mol. The van der Waals surface area contributed by atoms with Crippen LogP contribution in [0.1, 0.15) is 30.3 Å². The summed E-state index contributed by atoms with van der Waals surface area (Å²) in [4.78, 5) is 16.3. The Bertz CT molecular complexity index is 1200. The number of imidazole rings is 1. The summed E-state index contributed by atoms with van der Waals surface area (Å²) in [6.45, 7) is 4.58. The number of benzene rings is 1. The molecule has 0 aliphatic heterocycles. The first-order chi connectivity index (χ1) is 15.0. The zero-order valence-corrected chi connectivity index (χ0v) is 17.7. The maximum absolute atomic E-state index is 11.9. The Morgan fingerprint density at radius 1 is 1.32 bits per heavy atom. The van der Waals surface area contributed by atoms with E-state index in [9.17, 15) is 4.79 Å². The predicted octanol–water partition coefficient (Wildman–Crippen LogP) is 2.39. The van der Waals surface area contributed by atoms with Crippen LogP contribution in [0.25, 0.3) is 11.0 Å². The van der Waals surface area contributed by atoms with E-state index in [1.54, 1.807) is 6.20 Å². The van der Waals surface area contributed by atoms with E-state index in [0.29, 0.717) is 24.3 Å². The van der Waals surface area contributed by atoms with E-state index >= 15 is 0 Å². The maximum Gasteiger partial charge on any atom is 0.292 e. The fourth-order valence-corrected chi connectivity index (χ4v) is 3.27. The lowest BCUT2D eigenvalue weighted by atomic mass is 10.0. The average molecular weight is 418 g/mol. The minimum Gasteiger partial charge on any atom is -0.382 e. The van der Waals surface area contributed by atoms with Crippen LogP contribution in [0.15, 0.2) is 64.2 Å². The van der Waals surface area contributed by atoms with Gasteiger partial charge in [-0.15, -0.1) is 12.8 Å². The van der Waals surface area contributed by atoms with Crippen LogP contribution in [-0.4, -0.2) is 25.6 Å². The normalized spacial score (nSPS) is 12.1. The Hall–Kier alpha value is -4.12. The molecule has 8 nitrogen and oxygen atoms in total. The van der Waals surface area contributed by atoms with Gasteiger partial charge in [0.05, 0.1) is 11.7 Å². The van der Waals surface area contributed by atoms with Gasteiger partial charge in [0, 0.05) is 12.1 Å². The summed E-state index contributed by atoms with van der Waals surface area (Å²) in [7, 11) is 0. The highest BCUT2D eigenvalue weighted by molar-refractivity contribution is 5.98. The van der Waals surface area contributed by atoms with E-state index < -0.39 is 0 Å². The molecule has 0 aliphatic carbocycles. The van der Waals surface area contributed by atoms with Gasteiger partial charge in [-0.05, 0) is 30.9 Å². The summed E-state index contributed by atoms with van der Waals surface area (Å²) in [6, 6.07) is 7.78. The van der Waals surface area contributed by atoms with Crippen molar-refractivity contribution in [1.29, 1.82) is 0 Å². The van der Waals surface area contributed by atoms with E-state index in [0.717, 1.165) is 34.5 Å². The third-order valence-electron chi connectivity index (χ3n) is 4.67. The largest absolute Gasteiger partial charge is 0.382 e. The summed E-state index contributed by atoms with van der Waals surface area (Å²) >= 11 is 0. The van der Waals surface area contributed by atoms with E-state index in [1.807, 2.05) is 35.8 Å². The second-order valence-corrected chi connectivity index (χ2v) is 6.64. The highest BCUT2D eigenvalue weighted by atomic mass is 16.1. The van der Waals surface area contributed by atoms with Crippen molar-refractivity contribution in [2.24, 2.45) is 16.7 Å². The van der Waals surface area contributed by atoms with E-state index in [4.69, 9.17) is 11.6 Å². The van der Waals surface area contributed by atoms with Crippen LogP contribution in [0.4, 0.5) is 0 Å². The number of nitrogens with zero attached hydrogens (tertiary/aromatic N) is 4. The average Bonchev–Trinajstić information content (AvgIpc) is 3.11. The van der Waals surface area contributed by atoms with E-state index in [1.165, 1.54) is 0 Å². The van der Waals surface area contributed by atoms with Crippen LogP contribution < -0.4 is 17.1 Å². The van der Waals surface area contributed by atoms with Crippen molar-refractivity contribution in [3.8, 4) is 12.8 Å². The summed E-state index contributed by atoms with van der Waals surface area (Å²) in [5.74, 6) is 6.42. The molecule has 8 heteroatoms. The molecule has 0 spiro atoms. The molecule has 3 aromatic rings. The SMILES string of the molecule is C#C.CC/C=C(\C=C/Cc1ccccc1/C(N)=N/N)Cn1c(C)nc2c(=O)[nH]ncc21. The fraction of sp³-hybridized carbons (Fsp3) is 0.217. The topological polar surface area (TPSA) is 128 Å². The molecule has 0 saturated carbocycles. The highest BCUT2D eigenvalue weighted by Gasteiger charge is 2.11. The first kappa shape index (κ1) is 23.2. The van der Waals surface area contributed by atoms with Gasteiger partial charge < -0.3 is 16.1 Å². The van der Waals surface area contributed by atoms with Gasteiger partial charge in [0.25, 0.3) is 5.56 Å². The third kappa shape index (κ3) is 5.48. The molecule has 0 saturated heterocycles. The summed E-state index contributed by atoms with van der Waals surface area (Å²) < 4.78 is 2.00. The number of terminal acetylenes is 1. The lowest BCUT2D eigenvalue weighted by Crippen LogP contribution is -2.17. The van der Waals surface area contributed by atoms with Gasteiger partial charge in [0.15, 0.2) is 11.4 Å². The Kier molecular flexibility index (Phi) is 8.34. The quantitative estimate of drug-likeness (QED) is 0.136. The number of rotatable bonds is 7. The maximum atomic E-state index is 11.9. The van der Waals surface area contributed by atoms with Crippen LogP contribution >= 0.6 is 0 Å². The summed E-state index contributed by atoms with van der Waals surface area (Å²) in [5.41, 5.74) is 9.74. The van der Waals surface area contributed by atoms with Crippen molar-refractivity contribution in [3.05, 3.63) is 81.6 Å². The number of H-pyrrole nitrogens is 1. The number of hydrogen-bond acceptors (Lipinski definition) is 5. The number of hydrogen-bond donors (Lipinski definition) is 3. The van der Waals surface area contributed by atoms with Crippen LogP contribution in [0, 0.1) is 19.8 Å². The smallest absolute Gasteiger partial charge is 0.292 e. The minimum atomic E-state index is -0.281. The highest BCUT2D eigenvalue weighted by Crippen LogP contribution is 2.16. The Morgan fingerprint density at radius 2 is 2.06 bits per heavy atom. The molecule has 2 aromatic heterocycles. The third-order valence-corrected chi connectivity index (χ3v) is 4.67. The minimum absolute atomic E-state index is 0.281. The number of aromatic nitrogens is 4. The molecule has 0 unspecified atom stereocenters. The zero-order valence-electron chi connectivity index (χ0n) is 17.7. The van der Waals surface area contributed by atoms with Gasteiger partial charge in [0.2, 0.25) is 0 Å². The monoisotopic (exact) mass is 417 g/mol. The van der Waals surface area contributed by atoms with Crippen molar-refractivity contribution in [2.45, 2.75) is 33.2 Å². The molecule has 0 aliphatic rings. The number of aromatic amines is 1. The molecule has 31 heavy (non-hydrogen) atoms. The van der Waals surface area contributed by atoms with E-state index in [2.05, 4.69) is 58.3 Å². The molecule has 0 bridgehead atoms. The van der Waals surface area contributed by atoms with Crippen LogP contribution in [0.5, 0.6) is 0 Å². The van der Waals surface area contributed by atoms with Gasteiger partial charge in [-0.25, -0.2) is 10.1 Å². The Morgan fingerprint density at radius 3 is 2.77 bits per heavy atom. The van der Waals surface area contributed by atoms with E-state index in [-0.39, 0.29) is 5.56 Å². The van der Waals surface area contributed by atoms with Crippen LogP contribution in [0.3, 0.4) is 0 Å². The van der Waals surface area contributed by atoms with Crippen molar-refractivity contribution in [3.63, 3.8) is 0 Å². The Labute approximate surface area is 181 Å². The van der Waals surface area contributed by atoms with Crippen molar-refractivity contribution in [2.75, 3.05) is 0 Å². The Balaban J connectivity index is 0.00000166.